The maximum absolute atomic E-state index is 5.19. The molecule has 1 atom stereocenters. The number of likely N-dealkylation sites (tertiary alicyclic amines) is 1. The Hall–Kier alpha value is -1.06. The molecule has 1 fully saturated rings. The van der Waals surface area contributed by atoms with Crippen molar-refractivity contribution in [3.05, 3.63) is 29.8 Å². The Morgan fingerprint density at radius 3 is 2.35 bits per heavy atom. The van der Waals surface area contributed by atoms with E-state index in [1.54, 1.807) is 7.11 Å². The predicted molar refractivity (Wildman–Crippen MR) is 84.3 cm³/mol. The first-order chi connectivity index (χ1) is 9.79. The van der Waals surface area contributed by atoms with E-state index in [2.05, 4.69) is 29.3 Å². The van der Waals surface area contributed by atoms with Crippen molar-refractivity contribution in [1.82, 2.24) is 10.2 Å². The van der Waals surface area contributed by atoms with Gasteiger partial charge < -0.3 is 15.0 Å². The number of rotatable bonds is 6. The zero-order chi connectivity index (χ0) is 14.2. The fraction of sp³-hybridized carbons (Fsp3) is 0.647. The van der Waals surface area contributed by atoms with Crippen LogP contribution in [-0.4, -0.2) is 38.2 Å². The number of hydrogen-bond acceptors (Lipinski definition) is 3. The van der Waals surface area contributed by atoms with Crippen LogP contribution in [0, 0.1) is 0 Å². The normalized spacial score (nSPS) is 18.5. The van der Waals surface area contributed by atoms with Crippen molar-refractivity contribution in [2.75, 3.05) is 33.3 Å². The van der Waals surface area contributed by atoms with Crippen LogP contribution < -0.4 is 10.1 Å². The molecule has 0 spiro atoms. The zero-order valence-corrected chi connectivity index (χ0v) is 12.9. The lowest BCUT2D eigenvalue weighted by atomic mass is 10.1. The quantitative estimate of drug-likeness (QED) is 0.863. The van der Waals surface area contributed by atoms with Crippen molar-refractivity contribution in [2.24, 2.45) is 0 Å². The second-order valence-electron chi connectivity index (χ2n) is 5.70. The van der Waals surface area contributed by atoms with Gasteiger partial charge in [-0.05, 0) is 50.6 Å². The fourth-order valence-electron chi connectivity index (χ4n) is 2.81. The topological polar surface area (TPSA) is 24.5 Å². The molecule has 1 aliphatic rings. The summed E-state index contributed by atoms with van der Waals surface area (Å²) < 4.78 is 5.19. The fourth-order valence-corrected chi connectivity index (χ4v) is 2.81. The minimum Gasteiger partial charge on any atom is -0.497 e. The van der Waals surface area contributed by atoms with Crippen LogP contribution in [0.25, 0.3) is 0 Å². The Kier molecular flexibility index (Phi) is 6.34. The van der Waals surface area contributed by atoms with E-state index in [-0.39, 0.29) is 0 Å². The van der Waals surface area contributed by atoms with Crippen LogP contribution in [0.2, 0.25) is 0 Å². The van der Waals surface area contributed by atoms with Gasteiger partial charge in [0.1, 0.15) is 5.75 Å². The van der Waals surface area contributed by atoms with E-state index in [0.717, 1.165) is 12.3 Å². The molecule has 1 unspecified atom stereocenters. The summed E-state index contributed by atoms with van der Waals surface area (Å²) in [6.07, 6.45) is 5.56. The standard InChI is InChI=1S/C17H28N2O/c1-15(16-7-9-17(20-2)10-8-16)18-11-14-19-12-5-3-4-6-13-19/h7-10,15,18H,3-6,11-14H2,1-2H3. The molecule has 1 heterocycles. The van der Waals surface area contributed by atoms with Gasteiger partial charge in [-0.2, -0.15) is 0 Å². The maximum atomic E-state index is 5.19. The number of benzene rings is 1. The largest absolute Gasteiger partial charge is 0.497 e. The van der Waals surface area contributed by atoms with Crippen LogP contribution >= 0.6 is 0 Å². The SMILES string of the molecule is COc1ccc(C(C)NCCN2CCCCCC2)cc1. The molecular formula is C17H28N2O. The maximum Gasteiger partial charge on any atom is 0.118 e. The van der Waals surface area contributed by atoms with E-state index in [4.69, 9.17) is 4.74 Å². The van der Waals surface area contributed by atoms with Gasteiger partial charge >= 0.3 is 0 Å². The highest BCUT2D eigenvalue weighted by Gasteiger charge is 2.09. The molecule has 2 rings (SSSR count). The second kappa shape index (κ2) is 8.28. The number of nitrogens with zero attached hydrogens (tertiary/aromatic N) is 1. The Morgan fingerprint density at radius 2 is 1.75 bits per heavy atom. The Balaban J connectivity index is 1.72. The van der Waals surface area contributed by atoms with Crippen LogP contribution in [-0.2, 0) is 0 Å². The first kappa shape index (κ1) is 15.3. The molecule has 0 radical (unpaired) electrons. The molecule has 112 valence electrons. The molecule has 3 heteroatoms. The molecule has 0 amide bonds. The molecule has 1 aromatic rings. The van der Waals surface area contributed by atoms with E-state index < -0.39 is 0 Å². The third kappa shape index (κ3) is 4.80. The zero-order valence-electron chi connectivity index (χ0n) is 12.9. The lowest BCUT2D eigenvalue weighted by Crippen LogP contribution is -2.33. The highest BCUT2D eigenvalue weighted by atomic mass is 16.5. The summed E-state index contributed by atoms with van der Waals surface area (Å²) in [4.78, 5) is 2.60. The monoisotopic (exact) mass is 276 g/mol. The summed E-state index contributed by atoms with van der Waals surface area (Å²) in [7, 11) is 1.71. The van der Waals surface area contributed by atoms with Crippen molar-refractivity contribution < 1.29 is 4.74 Å². The van der Waals surface area contributed by atoms with E-state index in [0.29, 0.717) is 6.04 Å². The van der Waals surface area contributed by atoms with Crippen LogP contribution in [0.5, 0.6) is 5.75 Å². The molecule has 1 N–H and O–H groups in total. The van der Waals surface area contributed by atoms with Gasteiger partial charge in [-0.15, -0.1) is 0 Å². The van der Waals surface area contributed by atoms with Crippen LogP contribution in [0.3, 0.4) is 0 Å². The van der Waals surface area contributed by atoms with E-state index >= 15 is 0 Å². The minimum absolute atomic E-state index is 0.396. The van der Waals surface area contributed by atoms with Gasteiger partial charge in [0.2, 0.25) is 0 Å². The van der Waals surface area contributed by atoms with Crippen molar-refractivity contribution in [3.8, 4) is 5.75 Å². The molecule has 20 heavy (non-hydrogen) atoms. The van der Waals surface area contributed by atoms with Crippen molar-refractivity contribution in [2.45, 2.75) is 38.6 Å². The first-order valence-electron chi connectivity index (χ1n) is 7.89. The third-order valence-electron chi connectivity index (χ3n) is 4.19. The van der Waals surface area contributed by atoms with Crippen LogP contribution in [0.15, 0.2) is 24.3 Å². The third-order valence-corrected chi connectivity index (χ3v) is 4.19. The molecule has 0 aliphatic carbocycles. The number of nitrogens with one attached hydrogen (secondary N) is 1. The second-order valence-corrected chi connectivity index (χ2v) is 5.70. The summed E-state index contributed by atoms with van der Waals surface area (Å²) in [5.74, 6) is 0.922. The van der Waals surface area contributed by atoms with Crippen LogP contribution in [0.4, 0.5) is 0 Å². The summed E-state index contributed by atoms with van der Waals surface area (Å²) in [5, 5.41) is 3.62. The minimum atomic E-state index is 0.396. The number of ether oxygens (including phenoxy) is 1. The summed E-state index contributed by atoms with van der Waals surface area (Å²) >= 11 is 0. The number of methoxy groups -OCH3 is 1. The molecule has 1 aromatic carbocycles. The molecule has 3 nitrogen and oxygen atoms in total. The van der Waals surface area contributed by atoms with Gasteiger partial charge in [0.15, 0.2) is 0 Å². The molecule has 0 bridgehead atoms. The Bertz CT molecular complexity index is 369. The average Bonchev–Trinajstić information content (AvgIpc) is 2.76. The molecule has 1 saturated heterocycles. The van der Waals surface area contributed by atoms with Gasteiger partial charge in [0, 0.05) is 19.1 Å². The van der Waals surface area contributed by atoms with Crippen LogP contribution in [0.1, 0.15) is 44.2 Å². The highest BCUT2D eigenvalue weighted by Crippen LogP contribution is 2.17. The van der Waals surface area contributed by atoms with Crippen molar-refractivity contribution in [1.29, 1.82) is 0 Å². The van der Waals surface area contributed by atoms with Gasteiger partial charge in [-0.1, -0.05) is 25.0 Å². The van der Waals surface area contributed by atoms with Gasteiger partial charge in [-0.3, -0.25) is 0 Å². The Morgan fingerprint density at radius 1 is 1.10 bits per heavy atom. The van der Waals surface area contributed by atoms with Gasteiger partial charge in [0.25, 0.3) is 0 Å². The van der Waals surface area contributed by atoms with Crippen molar-refractivity contribution >= 4 is 0 Å². The summed E-state index contributed by atoms with van der Waals surface area (Å²) in [6.45, 7) is 7.01. The molecular weight excluding hydrogens is 248 g/mol. The van der Waals surface area contributed by atoms with Crippen molar-refractivity contribution in [3.63, 3.8) is 0 Å². The average molecular weight is 276 g/mol. The lowest BCUT2D eigenvalue weighted by Gasteiger charge is -2.22. The smallest absolute Gasteiger partial charge is 0.118 e. The van der Waals surface area contributed by atoms with Gasteiger partial charge in [0.05, 0.1) is 7.11 Å². The summed E-state index contributed by atoms with van der Waals surface area (Å²) in [6, 6.07) is 8.74. The lowest BCUT2D eigenvalue weighted by molar-refractivity contribution is 0.280. The van der Waals surface area contributed by atoms with E-state index in [1.807, 2.05) is 12.1 Å². The summed E-state index contributed by atoms with van der Waals surface area (Å²) in [5.41, 5.74) is 1.32. The number of hydrogen-bond donors (Lipinski definition) is 1. The highest BCUT2D eigenvalue weighted by molar-refractivity contribution is 5.28. The Labute approximate surface area is 123 Å². The molecule has 0 aromatic heterocycles. The molecule has 0 saturated carbocycles. The first-order valence-corrected chi connectivity index (χ1v) is 7.89. The van der Waals surface area contributed by atoms with E-state index in [1.165, 1.54) is 50.9 Å². The predicted octanol–water partition coefficient (Wildman–Crippen LogP) is 3.22. The molecule has 1 aliphatic heterocycles. The van der Waals surface area contributed by atoms with E-state index in [9.17, 15) is 0 Å². The van der Waals surface area contributed by atoms with Gasteiger partial charge in [-0.25, -0.2) is 0 Å².